The fraction of sp³-hybridized carbons (Fsp3) is 0.355. The summed E-state index contributed by atoms with van der Waals surface area (Å²) in [7, 11) is -4.35. The molecule has 0 spiro atoms. The molecule has 1 aliphatic heterocycles. The number of hydrogen-bond donors (Lipinski definition) is 1. The van der Waals surface area contributed by atoms with Crippen molar-refractivity contribution in [2.75, 3.05) is 18.4 Å². The Morgan fingerprint density at radius 3 is 2.48 bits per heavy atom. The number of aromatic nitrogens is 6. The van der Waals surface area contributed by atoms with Gasteiger partial charge in [-0.05, 0) is 57.9 Å². The van der Waals surface area contributed by atoms with E-state index < -0.39 is 45.2 Å². The molecule has 17 heteroatoms. The molecule has 1 aromatic carbocycles. The largest absolute Gasteiger partial charge is 0.444 e. The molecule has 5 aromatic rings. The third-order valence-corrected chi connectivity index (χ3v) is 9.10. The fourth-order valence-corrected chi connectivity index (χ4v) is 6.65. The SMILES string of the molecule is Cc1nc(-c2ccc3c(-c4nc(N[C@H]5CCCN(C(=O)OC(C)(C)C)C5)ncc4C(F)(F)F)cn(S(=O)(=O)c4ccccc4)c3n2)no1. The molecule has 1 N–H and O–H groups in total. The number of aryl methyl sites for hydroxylation is 1. The Kier molecular flexibility index (Phi) is 8.35. The van der Waals surface area contributed by atoms with Gasteiger partial charge in [0.2, 0.25) is 17.7 Å². The first kappa shape index (κ1) is 32.9. The van der Waals surface area contributed by atoms with Crippen LogP contribution in [0, 0.1) is 6.92 Å². The second-order valence-electron chi connectivity index (χ2n) is 12.2. The maximum Gasteiger partial charge on any atom is 0.419 e. The number of halogens is 3. The molecule has 48 heavy (non-hydrogen) atoms. The Labute approximate surface area is 273 Å². The van der Waals surface area contributed by atoms with Crippen molar-refractivity contribution in [2.45, 2.75) is 63.3 Å². The van der Waals surface area contributed by atoms with Gasteiger partial charge in [-0.2, -0.15) is 18.2 Å². The third kappa shape index (κ3) is 6.67. The Hall–Kier alpha value is -5.06. The van der Waals surface area contributed by atoms with Crippen molar-refractivity contribution in [3.05, 3.63) is 66.3 Å². The summed E-state index contributed by atoms with van der Waals surface area (Å²) < 4.78 is 82.5. The van der Waals surface area contributed by atoms with E-state index in [1.165, 1.54) is 41.3 Å². The lowest BCUT2D eigenvalue weighted by Crippen LogP contribution is -2.47. The lowest BCUT2D eigenvalue weighted by atomic mass is 10.1. The molecular formula is C31H31F3N8O5S. The average molecular weight is 685 g/mol. The zero-order chi connectivity index (χ0) is 34.4. The van der Waals surface area contributed by atoms with Gasteiger partial charge in [0.05, 0.1) is 10.6 Å². The predicted molar refractivity (Wildman–Crippen MR) is 167 cm³/mol. The number of nitrogens with zero attached hydrogens (tertiary/aromatic N) is 7. The van der Waals surface area contributed by atoms with Crippen LogP contribution in [0.15, 0.2) is 64.3 Å². The molecular weight excluding hydrogens is 653 g/mol. The van der Waals surface area contributed by atoms with Gasteiger partial charge in [-0.15, -0.1) is 0 Å². The number of nitrogens with one attached hydrogen (secondary N) is 1. The van der Waals surface area contributed by atoms with E-state index in [2.05, 4.69) is 30.4 Å². The molecule has 4 aromatic heterocycles. The molecule has 1 atom stereocenters. The fourth-order valence-electron chi connectivity index (χ4n) is 5.31. The molecule has 6 rings (SSSR count). The van der Waals surface area contributed by atoms with Crippen molar-refractivity contribution in [1.82, 2.24) is 34.0 Å². The maximum absolute atomic E-state index is 14.5. The van der Waals surface area contributed by atoms with Crippen LogP contribution in [0.1, 0.15) is 45.1 Å². The summed E-state index contributed by atoms with van der Waals surface area (Å²) in [6.07, 6.45) is -2.47. The quantitative estimate of drug-likeness (QED) is 0.226. The minimum atomic E-state index is -4.89. The average Bonchev–Trinajstić information content (AvgIpc) is 3.64. The van der Waals surface area contributed by atoms with Crippen LogP contribution in [0.2, 0.25) is 0 Å². The number of pyridine rings is 1. The number of benzene rings is 1. The Morgan fingerprint density at radius 1 is 1.06 bits per heavy atom. The van der Waals surface area contributed by atoms with Gasteiger partial charge in [0, 0.05) is 49.4 Å². The van der Waals surface area contributed by atoms with E-state index in [0.29, 0.717) is 25.6 Å². The zero-order valence-electron chi connectivity index (χ0n) is 26.3. The molecule has 13 nitrogen and oxygen atoms in total. The first-order valence-electron chi connectivity index (χ1n) is 14.9. The van der Waals surface area contributed by atoms with Crippen LogP contribution in [0.25, 0.3) is 33.8 Å². The summed E-state index contributed by atoms with van der Waals surface area (Å²) in [5.41, 5.74) is -2.62. The van der Waals surface area contributed by atoms with Crippen LogP contribution in [0.5, 0.6) is 0 Å². The van der Waals surface area contributed by atoms with E-state index in [0.717, 1.165) is 10.2 Å². The smallest absolute Gasteiger partial charge is 0.419 e. The van der Waals surface area contributed by atoms with E-state index in [1.807, 2.05) is 0 Å². The highest BCUT2D eigenvalue weighted by atomic mass is 32.2. The monoisotopic (exact) mass is 684 g/mol. The Balaban J connectivity index is 1.46. The van der Waals surface area contributed by atoms with Gasteiger partial charge >= 0.3 is 12.3 Å². The number of rotatable bonds is 6. The molecule has 252 valence electrons. The first-order chi connectivity index (χ1) is 22.6. The predicted octanol–water partition coefficient (Wildman–Crippen LogP) is 5.92. The summed E-state index contributed by atoms with van der Waals surface area (Å²) in [6, 6.07) is 9.92. The number of amides is 1. The van der Waals surface area contributed by atoms with E-state index in [9.17, 15) is 26.4 Å². The lowest BCUT2D eigenvalue weighted by molar-refractivity contribution is -0.137. The van der Waals surface area contributed by atoms with Crippen LogP contribution < -0.4 is 5.32 Å². The lowest BCUT2D eigenvalue weighted by Gasteiger charge is -2.34. The summed E-state index contributed by atoms with van der Waals surface area (Å²) >= 11 is 0. The Morgan fingerprint density at radius 2 is 1.81 bits per heavy atom. The van der Waals surface area contributed by atoms with Gasteiger partial charge in [0.15, 0.2) is 5.65 Å². The second kappa shape index (κ2) is 12.2. The van der Waals surface area contributed by atoms with Gasteiger partial charge in [-0.3, -0.25) is 0 Å². The van der Waals surface area contributed by atoms with Crippen molar-refractivity contribution in [1.29, 1.82) is 0 Å². The van der Waals surface area contributed by atoms with Crippen molar-refractivity contribution in [3.8, 4) is 22.8 Å². The van der Waals surface area contributed by atoms with Crippen LogP contribution in [0.3, 0.4) is 0 Å². The van der Waals surface area contributed by atoms with Crippen molar-refractivity contribution >= 4 is 33.1 Å². The molecule has 1 fully saturated rings. The summed E-state index contributed by atoms with van der Waals surface area (Å²) in [4.78, 5) is 30.9. The van der Waals surface area contributed by atoms with E-state index in [-0.39, 0.29) is 51.4 Å². The number of fused-ring (bicyclic) bond motifs is 1. The zero-order valence-corrected chi connectivity index (χ0v) is 27.1. The highest BCUT2D eigenvalue weighted by Gasteiger charge is 2.37. The molecule has 0 aliphatic carbocycles. The highest BCUT2D eigenvalue weighted by molar-refractivity contribution is 7.90. The number of hydrogen-bond acceptors (Lipinski definition) is 11. The van der Waals surface area contributed by atoms with E-state index in [1.54, 1.807) is 33.8 Å². The van der Waals surface area contributed by atoms with Crippen molar-refractivity contribution < 1.29 is 35.6 Å². The molecule has 0 radical (unpaired) electrons. The molecule has 0 saturated carbocycles. The standard InChI is InChI=1S/C31H31F3N8O5S/c1-18-36-26(40-47-18)24-13-12-21-22(17-42(27(21)38-24)48(44,45)20-10-6-5-7-11-20)25-23(31(32,33)34)15-35-28(39-25)37-19-9-8-14-41(16-19)29(43)46-30(2,3)4/h5-7,10-13,15,17,19H,8-9,14,16H2,1-4H3,(H,35,37,39)/t19-/m0/s1. The summed E-state index contributed by atoms with van der Waals surface area (Å²) in [6.45, 7) is 7.51. The first-order valence-corrected chi connectivity index (χ1v) is 16.4. The number of carbonyl (C=O) groups is 1. The molecule has 5 heterocycles. The van der Waals surface area contributed by atoms with Gasteiger partial charge in [-0.25, -0.2) is 32.1 Å². The van der Waals surface area contributed by atoms with Crippen molar-refractivity contribution in [2.24, 2.45) is 0 Å². The second-order valence-corrected chi connectivity index (χ2v) is 14.0. The molecule has 0 unspecified atom stereocenters. The highest BCUT2D eigenvalue weighted by Crippen LogP contribution is 2.40. The number of piperidine rings is 1. The molecule has 0 bridgehead atoms. The molecule has 1 aliphatic rings. The number of anilines is 1. The van der Waals surface area contributed by atoms with Crippen molar-refractivity contribution in [3.63, 3.8) is 0 Å². The normalized spacial score (nSPS) is 15.9. The summed E-state index contributed by atoms with van der Waals surface area (Å²) in [5.74, 6) is 0.175. The number of ether oxygens (including phenoxy) is 1. The van der Waals surface area contributed by atoms with Crippen LogP contribution in [-0.4, -0.2) is 73.2 Å². The van der Waals surface area contributed by atoms with Crippen LogP contribution in [-0.2, 0) is 20.9 Å². The number of carbonyl (C=O) groups excluding carboxylic acids is 1. The van der Waals surface area contributed by atoms with Crippen LogP contribution in [0.4, 0.5) is 23.9 Å². The number of likely N-dealkylation sites (tertiary alicyclic amines) is 1. The van der Waals surface area contributed by atoms with Gasteiger partial charge in [-0.1, -0.05) is 23.4 Å². The van der Waals surface area contributed by atoms with Gasteiger partial charge in [0.1, 0.15) is 16.9 Å². The third-order valence-electron chi connectivity index (χ3n) is 7.43. The number of alkyl halides is 3. The van der Waals surface area contributed by atoms with Crippen LogP contribution >= 0.6 is 0 Å². The minimum absolute atomic E-state index is 0.0678. The van der Waals surface area contributed by atoms with E-state index in [4.69, 9.17) is 9.26 Å². The summed E-state index contributed by atoms with van der Waals surface area (Å²) in [5, 5.41) is 6.96. The minimum Gasteiger partial charge on any atom is -0.444 e. The van der Waals surface area contributed by atoms with Gasteiger partial charge < -0.3 is 19.5 Å². The topological polar surface area (TPSA) is 158 Å². The maximum atomic E-state index is 14.5. The van der Waals surface area contributed by atoms with Gasteiger partial charge in [0.25, 0.3) is 10.0 Å². The molecule has 1 saturated heterocycles. The molecule has 1 amide bonds. The van der Waals surface area contributed by atoms with E-state index >= 15 is 0 Å². The Bertz CT molecular complexity index is 2090.